The second kappa shape index (κ2) is 6.80. The van der Waals surface area contributed by atoms with Gasteiger partial charge in [-0.2, -0.15) is 0 Å². The maximum Gasteiger partial charge on any atom is 0.224 e. The Balaban J connectivity index is 2.07. The predicted molar refractivity (Wildman–Crippen MR) is 59.7 cm³/mol. The molecule has 0 spiro atoms. The van der Waals surface area contributed by atoms with Crippen molar-refractivity contribution in [1.82, 2.24) is 10.6 Å². The van der Waals surface area contributed by atoms with Gasteiger partial charge in [0, 0.05) is 13.1 Å². The molecule has 4 heteroatoms. The van der Waals surface area contributed by atoms with Crippen LogP contribution in [0.5, 0.6) is 0 Å². The number of hydrogen-bond acceptors (Lipinski definition) is 3. The summed E-state index contributed by atoms with van der Waals surface area (Å²) in [5, 5.41) is 6.14. The third-order valence-corrected chi connectivity index (χ3v) is 2.52. The lowest BCUT2D eigenvalue weighted by molar-refractivity contribution is -0.125. The van der Waals surface area contributed by atoms with E-state index in [4.69, 9.17) is 4.74 Å². The molecule has 1 atom stereocenters. The van der Waals surface area contributed by atoms with E-state index in [2.05, 4.69) is 10.6 Å². The predicted octanol–water partition coefficient (Wildman–Crippen LogP) is 0.527. The molecule has 2 N–H and O–H groups in total. The Kier molecular flexibility index (Phi) is 5.65. The van der Waals surface area contributed by atoms with Gasteiger partial charge in [0.05, 0.1) is 18.6 Å². The maximum absolute atomic E-state index is 11.6. The average molecular weight is 214 g/mol. The summed E-state index contributed by atoms with van der Waals surface area (Å²) in [5.74, 6) is 0.312. The summed E-state index contributed by atoms with van der Waals surface area (Å²) in [6.07, 6.45) is 2.34. The molecule has 1 rings (SSSR count). The summed E-state index contributed by atoms with van der Waals surface area (Å²) < 4.78 is 5.35. The van der Waals surface area contributed by atoms with Crippen molar-refractivity contribution in [2.45, 2.75) is 32.8 Å². The largest absolute Gasteiger partial charge is 0.377 e. The van der Waals surface area contributed by atoms with Crippen LogP contribution < -0.4 is 10.6 Å². The van der Waals surface area contributed by atoms with Crippen LogP contribution in [0.4, 0.5) is 0 Å². The van der Waals surface area contributed by atoms with Crippen molar-refractivity contribution in [3.05, 3.63) is 0 Å². The first-order valence-electron chi connectivity index (χ1n) is 5.80. The molecule has 0 saturated carbocycles. The fourth-order valence-electron chi connectivity index (χ4n) is 1.69. The third kappa shape index (κ3) is 5.14. The van der Waals surface area contributed by atoms with E-state index in [-0.39, 0.29) is 17.9 Å². The van der Waals surface area contributed by atoms with Crippen molar-refractivity contribution < 1.29 is 9.53 Å². The van der Waals surface area contributed by atoms with Crippen LogP contribution in [-0.4, -0.2) is 38.3 Å². The Hall–Kier alpha value is -0.610. The van der Waals surface area contributed by atoms with Crippen molar-refractivity contribution in [1.29, 1.82) is 0 Å². The fraction of sp³-hybridized carbons (Fsp3) is 0.909. The van der Waals surface area contributed by atoms with Gasteiger partial charge >= 0.3 is 0 Å². The number of amides is 1. The standard InChI is InChI=1S/C11H22N2O2/c1-9(2)15-7-6-13-11(14)10-4-3-5-12-8-10/h9-10,12H,3-8H2,1-2H3,(H,13,14)/t10-/m1/s1. The van der Waals surface area contributed by atoms with Crippen molar-refractivity contribution in [3.63, 3.8) is 0 Å². The van der Waals surface area contributed by atoms with E-state index in [1.807, 2.05) is 13.8 Å². The second-order valence-electron chi connectivity index (χ2n) is 4.25. The highest BCUT2D eigenvalue weighted by Gasteiger charge is 2.19. The lowest BCUT2D eigenvalue weighted by Crippen LogP contribution is -2.41. The first kappa shape index (κ1) is 12.5. The molecule has 15 heavy (non-hydrogen) atoms. The van der Waals surface area contributed by atoms with Gasteiger partial charge in [0.2, 0.25) is 5.91 Å². The number of piperidine rings is 1. The normalized spacial score (nSPS) is 21.7. The molecule has 0 unspecified atom stereocenters. The quantitative estimate of drug-likeness (QED) is 0.656. The van der Waals surface area contributed by atoms with E-state index in [1.54, 1.807) is 0 Å². The Bertz CT molecular complexity index is 189. The van der Waals surface area contributed by atoms with Crippen LogP contribution >= 0.6 is 0 Å². The summed E-state index contributed by atoms with van der Waals surface area (Å²) >= 11 is 0. The Morgan fingerprint density at radius 3 is 3.00 bits per heavy atom. The zero-order chi connectivity index (χ0) is 11.1. The van der Waals surface area contributed by atoms with Gasteiger partial charge in [0.25, 0.3) is 0 Å². The number of rotatable bonds is 5. The Labute approximate surface area is 91.8 Å². The van der Waals surface area contributed by atoms with Crippen molar-refractivity contribution >= 4 is 5.91 Å². The van der Waals surface area contributed by atoms with Gasteiger partial charge in [-0.15, -0.1) is 0 Å². The molecular weight excluding hydrogens is 192 g/mol. The molecule has 1 aliphatic rings. The van der Waals surface area contributed by atoms with Crippen LogP contribution in [-0.2, 0) is 9.53 Å². The first-order valence-corrected chi connectivity index (χ1v) is 5.80. The fourth-order valence-corrected chi connectivity index (χ4v) is 1.69. The highest BCUT2D eigenvalue weighted by Crippen LogP contribution is 2.09. The van der Waals surface area contributed by atoms with E-state index >= 15 is 0 Å². The van der Waals surface area contributed by atoms with Gasteiger partial charge in [-0.05, 0) is 33.2 Å². The molecule has 1 heterocycles. The smallest absolute Gasteiger partial charge is 0.224 e. The van der Waals surface area contributed by atoms with Crippen molar-refractivity contribution in [2.75, 3.05) is 26.2 Å². The third-order valence-electron chi connectivity index (χ3n) is 2.52. The van der Waals surface area contributed by atoms with E-state index in [0.29, 0.717) is 13.2 Å². The monoisotopic (exact) mass is 214 g/mol. The highest BCUT2D eigenvalue weighted by molar-refractivity contribution is 5.78. The molecule has 0 radical (unpaired) electrons. The lowest BCUT2D eigenvalue weighted by Gasteiger charge is -2.21. The molecule has 4 nitrogen and oxygen atoms in total. The van der Waals surface area contributed by atoms with Crippen molar-refractivity contribution in [2.24, 2.45) is 5.92 Å². The van der Waals surface area contributed by atoms with E-state index in [9.17, 15) is 4.79 Å². The number of carbonyl (C=O) groups is 1. The van der Waals surface area contributed by atoms with Crippen LogP contribution in [0.2, 0.25) is 0 Å². The zero-order valence-electron chi connectivity index (χ0n) is 9.71. The number of carbonyl (C=O) groups excluding carboxylic acids is 1. The molecule has 1 saturated heterocycles. The molecule has 0 aliphatic carbocycles. The van der Waals surface area contributed by atoms with Crippen LogP contribution in [0.25, 0.3) is 0 Å². The second-order valence-corrected chi connectivity index (χ2v) is 4.25. The minimum Gasteiger partial charge on any atom is -0.377 e. The van der Waals surface area contributed by atoms with Crippen molar-refractivity contribution in [3.8, 4) is 0 Å². The Morgan fingerprint density at radius 2 is 2.40 bits per heavy atom. The first-order chi connectivity index (χ1) is 7.20. The highest BCUT2D eigenvalue weighted by atomic mass is 16.5. The van der Waals surface area contributed by atoms with Gasteiger partial charge in [-0.25, -0.2) is 0 Å². The van der Waals surface area contributed by atoms with E-state index in [0.717, 1.165) is 25.9 Å². The van der Waals surface area contributed by atoms with E-state index in [1.165, 1.54) is 0 Å². The van der Waals surface area contributed by atoms with Crippen LogP contribution in [0.3, 0.4) is 0 Å². The average Bonchev–Trinajstić information content (AvgIpc) is 2.25. The lowest BCUT2D eigenvalue weighted by atomic mass is 9.99. The molecule has 88 valence electrons. The molecule has 1 aliphatic heterocycles. The van der Waals surface area contributed by atoms with Gasteiger partial charge in [0.15, 0.2) is 0 Å². The molecular formula is C11H22N2O2. The molecule has 1 amide bonds. The Morgan fingerprint density at radius 1 is 1.60 bits per heavy atom. The summed E-state index contributed by atoms with van der Waals surface area (Å²) in [6.45, 7) is 7.06. The molecule has 0 aromatic rings. The van der Waals surface area contributed by atoms with Gasteiger partial charge in [-0.3, -0.25) is 4.79 Å². The minimum absolute atomic E-state index is 0.151. The summed E-state index contributed by atoms with van der Waals surface area (Å²) in [4.78, 5) is 11.6. The van der Waals surface area contributed by atoms with Gasteiger partial charge in [-0.1, -0.05) is 0 Å². The molecule has 0 aromatic heterocycles. The number of hydrogen-bond donors (Lipinski definition) is 2. The maximum atomic E-state index is 11.6. The minimum atomic E-state index is 0.151. The summed E-state index contributed by atoms with van der Waals surface area (Å²) in [7, 11) is 0. The van der Waals surface area contributed by atoms with Crippen LogP contribution in [0.15, 0.2) is 0 Å². The van der Waals surface area contributed by atoms with Crippen LogP contribution in [0, 0.1) is 5.92 Å². The SMILES string of the molecule is CC(C)OCCNC(=O)[C@@H]1CCCNC1. The number of ether oxygens (including phenoxy) is 1. The zero-order valence-corrected chi connectivity index (χ0v) is 9.71. The summed E-state index contributed by atoms with van der Waals surface area (Å²) in [6, 6.07) is 0. The van der Waals surface area contributed by atoms with Crippen LogP contribution in [0.1, 0.15) is 26.7 Å². The van der Waals surface area contributed by atoms with E-state index < -0.39 is 0 Å². The molecule has 0 aromatic carbocycles. The molecule has 1 fully saturated rings. The summed E-state index contributed by atoms with van der Waals surface area (Å²) in [5.41, 5.74) is 0. The molecule has 0 bridgehead atoms. The number of nitrogens with one attached hydrogen (secondary N) is 2. The topological polar surface area (TPSA) is 50.4 Å². The van der Waals surface area contributed by atoms with Gasteiger partial charge in [0.1, 0.15) is 0 Å². The van der Waals surface area contributed by atoms with Gasteiger partial charge < -0.3 is 15.4 Å².